The van der Waals surface area contributed by atoms with Crippen LogP contribution in [-0.4, -0.2) is 14.1 Å². The van der Waals surface area contributed by atoms with E-state index in [4.69, 9.17) is 10.2 Å². The summed E-state index contributed by atoms with van der Waals surface area (Å²) in [4.78, 5) is 16.2. The molecule has 3 rings (SSSR count). The fourth-order valence-corrected chi connectivity index (χ4v) is 2.04. The zero-order valence-corrected chi connectivity index (χ0v) is 10.5. The van der Waals surface area contributed by atoms with E-state index in [1.165, 1.54) is 0 Å². The Balaban J connectivity index is 1.99. The number of aromatic nitrogens is 3. The van der Waals surface area contributed by atoms with Gasteiger partial charge in [-0.2, -0.15) is 0 Å². The summed E-state index contributed by atoms with van der Waals surface area (Å²) in [6, 6.07) is 5.39. The summed E-state index contributed by atoms with van der Waals surface area (Å²) in [7, 11) is 0. The molecule has 0 spiro atoms. The van der Waals surface area contributed by atoms with Crippen molar-refractivity contribution in [2.75, 3.05) is 5.73 Å². The number of oxazole rings is 1. The zero-order chi connectivity index (χ0) is 13.4. The van der Waals surface area contributed by atoms with Gasteiger partial charge in [0.15, 0.2) is 5.58 Å². The topological polar surface area (TPSA) is 79.0 Å². The van der Waals surface area contributed by atoms with Crippen molar-refractivity contribution in [1.82, 2.24) is 14.1 Å². The van der Waals surface area contributed by atoms with Gasteiger partial charge in [0.1, 0.15) is 12.1 Å². The monoisotopic (exact) mass is 258 g/mol. The van der Waals surface area contributed by atoms with E-state index in [-0.39, 0.29) is 5.69 Å². The Bertz CT molecular complexity index is 781. The van der Waals surface area contributed by atoms with Gasteiger partial charge >= 0.3 is 5.69 Å². The van der Waals surface area contributed by atoms with Gasteiger partial charge in [0.25, 0.3) is 0 Å². The maximum absolute atomic E-state index is 11.9. The second-order valence-corrected chi connectivity index (χ2v) is 4.30. The average Bonchev–Trinajstić information content (AvgIpc) is 2.96. The van der Waals surface area contributed by atoms with Gasteiger partial charge in [0.2, 0.25) is 5.89 Å². The Morgan fingerprint density at radius 1 is 1.32 bits per heavy atom. The number of aryl methyl sites for hydroxylation is 1. The Hall–Kier alpha value is -2.50. The van der Waals surface area contributed by atoms with Gasteiger partial charge in [-0.15, -0.1) is 0 Å². The summed E-state index contributed by atoms with van der Waals surface area (Å²) in [6.07, 6.45) is 3.48. The Labute approximate surface area is 109 Å². The number of imidazole rings is 1. The number of anilines is 1. The van der Waals surface area contributed by atoms with Gasteiger partial charge in [0.05, 0.1) is 5.69 Å². The minimum absolute atomic E-state index is 0.0715. The third-order valence-electron chi connectivity index (χ3n) is 3.06. The van der Waals surface area contributed by atoms with Crippen LogP contribution in [0.3, 0.4) is 0 Å². The fraction of sp³-hybridized carbons (Fsp3) is 0.231. The number of benzene rings is 1. The zero-order valence-electron chi connectivity index (χ0n) is 10.5. The largest absolute Gasteiger partial charge is 0.439 e. The summed E-state index contributed by atoms with van der Waals surface area (Å²) in [6.45, 7) is 2.87. The molecule has 6 heteroatoms. The van der Waals surface area contributed by atoms with Crippen molar-refractivity contribution < 1.29 is 4.42 Å². The summed E-state index contributed by atoms with van der Waals surface area (Å²) in [5.74, 6) is 0.476. The summed E-state index contributed by atoms with van der Waals surface area (Å²) < 4.78 is 8.77. The second-order valence-electron chi connectivity index (χ2n) is 4.30. The Morgan fingerprint density at radius 3 is 2.79 bits per heavy atom. The standard InChI is InChI=1S/C13H14N4O2/c1-2-16-6-7-17(13(16)18)8-11-15-12-9(14)4-3-5-10(12)19-11/h3-7H,2,8,14H2,1H3. The van der Waals surface area contributed by atoms with Crippen LogP contribution >= 0.6 is 0 Å². The van der Waals surface area contributed by atoms with Gasteiger partial charge in [-0.3, -0.25) is 9.13 Å². The minimum Gasteiger partial charge on any atom is -0.439 e. The molecular weight excluding hydrogens is 244 g/mol. The number of fused-ring (bicyclic) bond motifs is 1. The number of nitrogens with zero attached hydrogens (tertiary/aromatic N) is 3. The lowest BCUT2D eigenvalue weighted by Crippen LogP contribution is -2.23. The summed E-state index contributed by atoms with van der Waals surface area (Å²) in [5, 5.41) is 0. The van der Waals surface area contributed by atoms with Crippen molar-refractivity contribution in [3.63, 3.8) is 0 Å². The second kappa shape index (κ2) is 4.31. The molecule has 0 fully saturated rings. The van der Waals surface area contributed by atoms with Crippen LogP contribution in [0.5, 0.6) is 0 Å². The highest BCUT2D eigenvalue weighted by atomic mass is 16.3. The molecule has 0 radical (unpaired) electrons. The van der Waals surface area contributed by atoms with Gasteiger partial charge in [0, 0.05) is 18.9 Å². The van der Waals surface area contributed by atoms with Crippen LogP contribution in [0.2, 0.25) is 0 Å². The van der Waals surface area contributed by atoms with Crippen molar-refractivity contribution >= 4 is 16.8 Å². The third-order valence-corrected chi connectivity index (χ3v) is 3.06. The average molecular weight is 258 g/mol. The van der Waals surface area contributed by atoms with E-state index in [1.807, 2.05) is 19.1 Å². The molecule has 19 heavy (non-hydrogen) atoms. The highest BCUT2D eigenvalue weighted by molar-refractivity contribution is 5.85. The molecule has 0 unspecified atom stereocenters. The number of hydrogen-bond donors (Lipinski definition) is 1. The highest BCUT2D eigenvalue weighted by Gasteiger charge is 2.10. The molecule has 2 aromatic heterocycles. The predicted octanol–water partition coefficient (Wildman–Crippen LogP) is 1.44. The van der Waals surface area contributed by atoms with E-state index < -0.39 is 0 Å². The van der Waals surface area contributed by atoms with Crippen LogP contribution in [0.4, 0.5) is 5.69 Å². The fourth-order valence-electron chi connectivity index (χ4n) is 2.04. The van der Waals surface area contributed by atoms with Crippen molar-refractivity contribution in [3.05, 3.63) is 47.0 Å². The van der Waals surface area contributed by atoms with Gasteiger partial charge in [-0.25, -0.2) is 9.78 Å². The molecular formula is C13H14N4O2. The SMILES string of the molecule is CCn1ccn(Cc2nc3c(N)cccc3o2)c1=O. The molecule has 3 aromatic rings. The Kier molecular flexibility index (Phi) is 2.63. The first kappa shape index (κ1) is 11.6. The molecule has 2 N–H and O–H groups in total. The molecule has 0 aliphatic carbocycles. The lowest BCUT2D eigenvalue weighted by Gasteiger charge is -1.96. The van der Waals surface area contributed by atoms with Crippen LogP contribution in [0.1, 0.15) is 12.8 Å². The van der Waals surface area contributed by atoms with E-state index in [1.54, 1.807) is 27.6 Å². The van der Waals surface area contributed by atoms with Crippen LogP contribution < -0.4 is 11.4 Å². The summed E-state index contributed by atoms with van der Waals surface area (Å²) >= 11 is 0. The quantitative estimate of drug-likeness (QED) is 0.721. The van der Waals surface area contributed by atoms with Crippen molar-refractivity contribution in [2.45, 2.75) is 20.0 Å². The highest BCUT2D eigenvalue weighted by Crippen LogP contribution is 2.21. The first-order chi connectivity index (χ1) is 9.19. The Morgan fingerprint density at radius 2 is 2.11 bits per heavy atom. The summed E-state index contributed by atoms with van der Waals surface area (Å²) in [5.41, 5.74) is 7.60. The van der Waals surface area contributed by atoms with Crippen molar-refractivity contribution in [3.8, 4) is 0 Å². The van der Waals surface area contributed by atoms with Crippen molar-refractivity contribution in [1.29, 1.82) is 0 Å². The van der Waals surface area contributed by atoms with Crippen LogP contribution in [0.15, 0.2) is 39.8 Å². The van der Waals surface area contributed by atoms with E-state index in [9.17, 15) is 4.79 Å². The molecule has 0 saturated carbocycles. The number of rotatable bonds is 3. The number of nitrogens with two attached hydrogens (primary N) is 1. The van der Waals surface area contributed by atoms with E-state index in [2.05, 4.69) is 4.98 Å². The van der Waals surface area contributed by atoms with Crippen LogP contribution in [0.25, 0.3) is 11.1 Å². The van der Waals surface area contributed by atoms with Crippen molar-refractivity contribution in [2.24, 2.45) is 0 Å². The van der Waals surface area contributed by atoms with Gasteiger partial charge < -0.3 is 10.2 Å². The first-order valence-corrected chi connectivity index (χ1v) is 6.08. The lowest BCUT2D eigenvalue weighted by atomic mass is 10.3. The first-order valence-electron chi connectivity index (χ1n) is 6.08. The predicted molar refractivity (Wildman–Crippen MR) is 71.9 cm³/mol. The van der Waals surface area contributed by atoms with Gasteiger partial charge in [-0.05, 0) is 19.1 Å². The van der Waals surface area contributed by atoms with Gasteiger partial charge in [-0.1, -0.05) is 6.07 Å². The molecule has 0 aliphatic heterocycles. The molecule has 1 aromatic carbocycles. The molecule has 0 saturated heterocycles. The molecule has 0 aliphatic rings. The van der Waals surface area contributed by atoms with Crippen LogP contribution in [-0.2, 0) is 13.1 Å². The third kappa shape index (κ3) is 1.91. The maximum atomic E-state index is 11.9. The van der Waals surface area contributed by atoms with E-state index in [0.717, 1.165) is 0 Å². The molecule has 2 heterocycles. The molecule has 6 nitrogen and oxygen atoms in total. The molecule has 0 atom stereocenters. The number of nitrogen functional groups attached to an aromatic ring is 1. The van der Waals surface area contributed by atoms with E-state index >= 15 is 0 Å². The minimum atomic E-state index is -0.0715. The molecule has 0 amide bonds. The number of hydrogen-bond acceptors (Lipinski definition) is 4. The lowest BCUT2D eigenvalue weighted by molar-refractivity contribution is 0.500. The van der Waals surface area contributed by atoms with E-state index in [0.29, 0.717) is 35.8 Å². The maximum Gasteiger partial charge on any atom is 0.328 e. The number of para-hydroxylation sites is 1. The molecule has 0 bridgehead atoms. The smallest absolute Gasteiger partial charge is 0.328 e. The normalized spacial score (nSPS) is 11.2. The molecule has 98 valence electrons. The van der Waals surface area contributed by atoms with Crippen LogP contribution in [0, 0.1) is 0 Å².